The Morgan fingerprint density at radius 1 is 0.864 bits per heavy atom. The number of nitrogens with zero attached hydrogens (tertiary/aromatic N) is 1. The zero-order chi connectivity index (χ0) is 15.4. The minimum atomic E-state index is -0.240. The maximum atomic E-state index is 12.9. The van der Waals surface area contributed by atoms with Gasteiger partial charge >= 0.3 is 0 Å². The van der Waals surface area contributed by atoms with Crippen LogP contribution in [0.5, 0.6) is 0 Å². The molecule has 0 radical (unpaired) electrons. The molecule has 22 heavy (non-hydrogen) atoms. The van der Waals surface area contributed by atoms with E-state index in [2.05, 4.69) is 4.98 Å². The molecule has 0 atom stereocenters. The van der Waals surface area contributed by atoms with Crippen LogP contribution in [0.2, 0.25) is 0 Å². The predicted octanol–water partition coefficient (Wildman–Crippen LogP) is 5.52. The van der Waals surface area contributed by atoms with Crippen LogP contribution in [-0.2, 0) is 11.5 Å². The highest BCUT2D eigenvalue weighted by Crippen LogP contribution is 2.26. The maximum Gasteiger partial charge on any atom is 0.123 e. The molecule has 0 spiro atoms. The summed E-state index contributed by atoms with van der Waals surface area (Å²) in [5.74, 6) is 1.17. The van der Waals surface area contributed by atoms with Crippen LogP contribution in [0.3, 0.4) is 0 Å². The summed E-state index contributed by atoms with van der Waals surface area (Å²) in [5.41, 5.74) is 3.04. The van der Waals surface area contributed by atoms with Gasteiger partial charge in [-0.05, 0) is 42.0 Å². The Balaban J connectivity index is 1.57. The maximum absolute atomic E-state index is 12.9. The summed E-state index contributed by atoms with van der Waals surface area (Å²) in [6.07, 6.45) is 0. The summed E-state index contributed by atoms with van der Waals surface area (Å²) in [6.45, 7) is 0. The summed E-state index contributed by atoms with van der Waals surface area (Å²) in [7, 11) is 0. The fraction of sp³-hybridized carbons (Fsp3) is 0.118. The lowest BCUT2D eigenvalue weighted by atomic mass is 10.2. The number of benzene rings is 2. The Labute approximate surface area is 136 Å². The van der Waals surface area contributed by atoms with Gasteiger partial charge in [-0.1, -0.05) is 12.1 Å². The lowest BCUT2D eigenvalue weighted by Gasteiger charge is -2.00. The van der Waals surface area contributed by atoms with Crippen LogP contribution in [0.4, 0.5) is 8.78 Å². The number of aromatic nitrogens is 1. The SMILES string of the molecule is Fc1ccc(CSCc2csc(-c3ccc(F)cc3)n2)cc1. The first kappa shape index (κ1) is 15.2. The van der Waals surface area contributed by atoms with E-state index in [9.17, 15) is 8.78 Å². The van der Waals surface area contributed by atoms with Crippen LogP contribution in [0, 0.1) is 11.6 Å². The van der Waals surface area contributed by atoms with Gasteiger partial charge in [0.25, 0.3) is 0 Å². The molecule has 1 heterocycles. The average molecular weight is 333 g/mol. The Bertz CT molecular complexity index is 736. The Hall–Kier alpha value is -1.72. The van der Waals surface area contributed by atoms with Gasteiger partial charge in [0.15, 0.2) is 0 Å². The second-order valence-electron chi connectivity index (χ2n) is 4.77. The van der Waals surface area contributed by atoms with Crippen LogP contribution in [-0.4, -0.2) is 4.98 Å². The molecule has 5 heteroatoms. The van der Waals surface area contributed by atoms with Gasteiger partial charge in [0.1, 0.15) is 16.6 Å². The molecule has 112 valence electrons. The quantitative estimate of drug-likeness (QED) is 0.609. The van der Waals surface area contributed by atoms with E-state index in [1.54, 1.807) is 47.4 Å². The first-order valence-corrected chi connectivity index (χ1v) is 8.77. The molecule has 1 aromatic heterocycles. The van der Waals surface area contributed by atoms with E-state index < -0.39 is 0 Å². The van der Waals surface area contributed by atoms with E-state index >= 15 is 0 Å². The van der Waals surface area contributed by atoms with E-state index in [1.807, 2.05) is 5.38 Å². The molecule has 3 rings (SSSR count). The van der Waals surface area contributed by atoms with Crippen molar-refractivity contribution in [2.75, 3.05) is 0 Å². The van der Waals surface area contributed by atoms with Gasteiger partial charge in [0.05, 0.1) is 5.69 Å². The van der Waals surface area contributed by atoms with Crippen molar-refractivity contribution in [3.8, 4) is 10.6 Å². The predicted molar refractivity (Wildman–Crippen MR) is 88.9 cm³/mol. The Kier molecular flexibility index (Phi) is 4.85. The third-order valence-corrected chi connectivity index (χ3v) is 5.05. The van der Waals surface area contributed by atoms with Crippen molar-refractivity contribution in [1.82, 2.24) is 4.98 Å². The Morgan fingerprint density at radius 2 is 1.50 bits per heavy atom. The molecule has 0 aliphatic heterocycles. The van der Waals surface area contributed by atoms with Crippen LogP contribution in [0.1, 0.15) is 11.3 Å². The van der Waals surface area contributed by atoms with E-state index in [-0.39, 0.29) is 11.6 Å². The monoisotopic (exact) mass is 333 g/mol. The topological polar surface area (TPSA) is 12.9 Å². The number of hydrogen-bond donors (Lipinski definition) is 0. The summed E-state index contributed by atoms with van der Waals surface area (Å²) in [5, 5.41) is 2.92. The van der Waals surface area contributed by atoms with E-state index in [1.165, 1.54) is 24.3 Å². The standard InChI is InChI=1S/C17H13F2NS2/c18-14-5-1-12(2-6-14)9-21-10-16-11-22-17(20-16)13-3-7-15(19)8-4-13/h1-8,11H,9-10H2. The lowest BCUT2D eigenvalue weighted by Crippen LogP contribution is -1.85. The number of halogens is 2. The molecule has 0 unspecified atom stereocenters. The Morgan fingerprint density at radius 3 is 2.18 bits per heavy atom. The molecule has 0 fully saturated rings. The van der Waals surface area contributed by atoms with Gasteiger partial charge in [0, 0.05) is 22.4 Å². The highest BCUT2D eigenvalue weighted by Gasteiger charge is 2.05. The molecule has 0 bridgehead atoms. The molecule has 1 nitrogen and oxygen atoms in total. The van der Waals surface area contributed by atoms with E-state index in [0.29, 0.717) is 0 Å². The largest absolute Gasteiger partial charge is 0.240 e. The van der Waals surface area contributed by atoms with Crippen molar-refractivity contribution >= 4 is 23.1 Å². The van der Waals surface area contributed by atoms with Gasteiger partial charge in [-0.3, -0.25) is 0 Å². The first-order chi connectivity index (χ1) is 10.7. The van der Waals surface area contributed by atoms with Gasteiger partial charge in [-0.2, -0.15) is 11.8 Å². The highest BCUT2D eigenvalue weighted by atomic mass is 32.2. The van der Waals surface area contributed by atoms with Crippen LogP contribution in [0.15, 0.2) is 53.9 Å². The normalized spacial score (nSPS) is 10.8. The summed E-state index contributed by atoms with van der Waals surface area (Å²) < 4.78 is 25.7. The van der Waals surface area contributed by atoms with Crippen molar-refractivity contribution < 1.29 is 8.78 Å². The minimum absolute atomic E-state index is 0.211. The van der Waals surface area contributed by atoms with E-state index in [4.69, 9.17) is 0 Å². The fourth-order valence-electron chi connectivity index (χ4n) is 1.95. The zero-order valence-corrected chi connectivity index (χ0v) is 13.3. The molecular weight excluding hydrogens is 320 g/mol. The van der Waals surface area contributed by atoms with Gasteiger partial charge in [0.2, 0.25) is 0 Å². The second kappa shape index (κ2) is 7.03. The first-order valence-electron chi connectivity index (χ1n) is 6.73. The molecule has 0 N–H and O–H groups in total. The molecule has 0 aliphatic rings. The highest BCUT2D eigenvalue weighted by molar-refractivity contribution is 7.97. The molecule has 0 saturated carbocycles. The van der Waals surface area contributed by atoms with Crippen molar-refractivity contribution in [3.05, 3.63) is 76.8 Å². The summed E-state index contributed by atoms with van der Waals surface area (Å²) in [6, 6.07) is 12.9. The third kappa shape index (κ3) is 3.93. The van der Waals surface area contributed by atoms with Crippen LogP contribution >= 0.6 is 23.1 Å². The molecule has 0 saturated heterocycles. The lowest BCUT2D eigenvalue weighted by molar-refractivity contribution is 0.627. The molecule has 2 aromatic carbocycles. The van der Waals surface area contributed by atoms with Crippen molar-refractivity contribution in [2.45, 2.75) is 11.5 Å². The number of hydrogen-bond acceptors (Lipinski definition) is 3. The second-order valence-corrected chi connectivity index (χ2v) is 6.61. The smallest absolute Gasteiger partial charge is 0.123 e. The zero-order valence-electron chi connectivity index (χ0n) is 11.6. The number of thioether (sulfide) groups is 1. The molecular formula is C17H13F2NS2. The van der Waals surface area contributed by atoms with Gasteiger partial charge < -0.3 is 0 Å². The molecule has 0 amide bonds. The van der Waals surface area contributed by atoms with Gasteiger partial charge in [-0.25, -0.2) is 13.8 Å². The minimum Gasteiger partial charge on any atom is -0.240 e. The third-order valence-electron chi connectivity index (χ3n) is 3.07. The molecule has 3 aromatic rings. The summed E-state index contributed by atoms with van der Waals surface area (Å²) >= 11 is 3.30. The fourth-order valence-corrected chi connectivity index (χ4v) is 3.77. The van der Waals surface area contributed by atoms with Gasteiger partial charge in [-0.15, -0.1) is 11.3 Å². The van der Waals surface area contributed by atoms with Crippen LogP contribution in [0.25, 0.3) is 10.6 Å². The number of thiazole rings is 1. The average Bonchev–Trinajstić information content (AvgIpc) is 2.99. The number of rotatable bonds is 5. The summed E-state index contributed by atoms with van der Waals surface area (Å²) in [4.78, 5) is 4.57. The van der Waals surface area contributed by atoms with Crippen molar-refractivity contribution in [1.29, 1.82) is 0 Å². The van der Waals surface area contributed by atoms with E-state index in [0.717, 1.165) is 33.3 Å². The molecule has 0 aliphatic carbocycles. The van der Waals surface area contributed by atoms with Crippen LogP contribution < -0.4 is 0 Å². The van der Waals surface area contributed by atoms with Crippen molar-refractivity contribution in [2.24, 2.45) is 0 Å². The van der Waals surface area contributed by atoms with Crippen molar-refractivity contribution in [3.63, 3.8) is 0 Å².